The second kappa shape index (κ2) is 7.89. The summed E-state index contributed by atoms with van der Waals surface area (Å²) < 4.78 is 2.10. The van der Waals surface area contributed by atoms with Crippen LogP contribution in [-0.4, -0.2) is 20.9 Å². The highest BCUT2D eigenvalue weighted by atomic mass is 35.5. The number of aryl methyl sites for hydroxylation is 1. The van der Waals surface area contributed by atoms with Gasteiger partial charge in [-0.1, -0.05) is 55.1 Å². The van der Waals surface area contributed by atoms with Crippen LogP contribution in [0.15, 0.2) is 41.4 Å². The van der Waals surface area contributed by atoms with Gasteiger partial charge in [0.2, 0.25) is 5.95 Å². The van der Waals surface area contributed by atoms with Gasteiger partial charge in [-0.05, 0) is 30.7 Å². The second-order valence-corrected chi connectivity index (χ2v) is 6.69. The molecule has 3 rings (SSSR count). The number of phenolic OH excluding ortho intramolecular Hbond substituents is 1. The Labute approximate surface area is 156 Å². The number of rotatable bonds is 6. The molecule has 0 aliphatic heterocycles. The predicted molar refractivity (Wildman–Crippen MR) is 105 cm³/mol. The third kappa shape index (κ3) is 3.97. The summed E-state index contributed by atoms with van der Waals surface area (Å²) in [7, 11) is 0. The topological polar surface area (TPSA) is 50.4 Å². The van der Waals surface area contributed by atoms with Gasteiger partial charge >= 0.3 is 0 Å². The summed E-state index contributed by atoms with van der Waals surface area (Å²) in [5, 5.41) is 10.7. The molecule has 3 aromatic rings. The minimum Gasteiger partial charge on any atom is -0.506 e. The fourth-order valence-electron chi connectivity index (χ4n) is 2.71. The first-order chi connectivity index (χ1) is 12.1. The highest BCUT2D eigenvalue weighted by Gasteiger charge is 2.10. The fraction of sp³-hybridized carbons (Fsp3) is 0.263. The zero-order chi connectivity index (χ0) is 17.8. The van der Waals surface area contributed by atoms with Gasteiger partial charge in [0.05, 0.1) is 16.1 Å². The molecule has 0 saturated heterocycles. The molecular formula is C19H19Cl2N3O. The molecule has 0 fully saturated rings. The largest absolute Gasteiger partial charge is 0.506 e. The Kier molecular flexibility index (Phi) is 5.61. The van der Waals surface area contributed by atoms with Gasteiger partial charge in [0.25, 0.3) is 0 Å². The van der Waals surface area contributed by atoms with Gasteiger partial charge in [-0.2, -0.15) is 0 Å². The standard InChI is InChI=1S/C19H19Cl2N3O/c1-2-3-6-9-24-17-8-5-4-7-16(17)23-19(24)22-12-13-10-14(20)11-15(21)18(13)25/h4-5,7-8,10-12,25H,2-3,6,9H2,1H3/b22-12+. The molecule has 0 unspecified atom stereocenters. The molecule has 0 atom stereocenters. The number of nitrogens with zero attached hydrogens (tertiary/aromatic N) is 3. The molecule has 0 aliphatic rings. The Balaban J connectivity index is 1.99. The molecule has 130 valence electrons. The van der Waals surface area contributed by atoms with Crippen LogP contribution in [0.5, 0.6) is 5.75 Å². The lowest BCUT2D eigenvalue weighted by Gasteiger charge is -2.06. The first kappa shape index (κ1) is 17.8. The highest BCUT2D eigenvalue weighted by molar-refractivity contribution is 6.36. The number of halogens is 2. The number of aromatic hydroxyl groups is 1. The molecule has 4 nitrogen and oxygen atoms in total. The maximum absolute atomic E-state index is 10.1. The van der Waals surface area contributed by atoms with E-state index < -0.39 is 0 Å². The normalized spacial score (nSPS) is 11.6. The lowest BCUT2D eigenvalue weighted by Crippen LogP contribution is -1.97. The summed E-state index contributed by atoms with van der Waals surface area (Å²) >= 11 is 12.0. The molecule has 0 radical (unpaired) electrons. The van der Waals surface area contributed by atoms with Crippen LogP contribution in [-0.2, 0) is 6.54 Å². The molecular weight excluding hydrogens is 357 g/mol. The van der Waals surface area contributed by atoms with Crippen molar-refractivity contribution in [2.24, 2.45) is 4.99 Å². The number of phenols is 1. The average molecular weight is 376 g/mol. The van der Waals surface area contributed by atoms with Crippen molar-refractivity contribution < 1.29 is 5.11 Å². The zero-order valence-corrected chi connectivity index (χ0v) is 15.4. The molecule has 0 aliphatic carbocycles. The number of aromatic nitrogens is 2. The van der Waals surface area contributed by atoms with Gasteiger partial charge in [-0.3, -0.25) is 0 Å². The van der Waals surface area contributed by atoms with E-state index in [9.17, 15) is 5.11 Å². The number of imidazole rings is 1. The minimum absolute atomic E-state index is 0.0385. The monoisotopic (exact) mass is 375 g/mol. The molecule has 25 heavy (non-hydrogen) atoms. The summed E-state index contributed by atoms with van der Waals surface area (Å²) in [5.74, 6) is 0.566. The molecule has 2 aromatic carbocycles. The maximum Gasteiger partial charge on any atom is 0.230 e. The summed E-state index contributed by atoms with van der Waals surface area (Å²) in [6.45, 7) is 3.03. The summed E-state index contributed by atoms with van der Waals surface area (Å²) in [4.78, 5) is 9.08. The van der Waals surface area contributed by atoms with E-state index in [2.05, 4.69) is 21.5 Å². The van der Waals surface area contributed by atoms with Crippen LogP contribution < -0.4 is 0 Å². The molecule has 6 heteroatoms. The lowest BCUT2D eigenvalue weighted by molar-refractivity contribution is 0.475. The van der Waals surface area contributed by atoms with Crippen molar-refractivity contribution in [3.63, 3.8) is 0 Å². The van der Waals surface area contributed by atoms with E-state index in [1.54, 1.807) is 12.3 Å². The summed E-state index contributed by atoms with van der Waals surface area (Å²) in [5.41, 5.74) is 2.42. The first-order valence-corrected chi connectivity index (χ1v) is 9.03. The third-order valence-corrected chi connectivity index (χ3v) is 4.50. The van der Waals surface area contributed by atoms with Gasteiger partial charge in [0.15, 0.2) is 0 Å². The number of fused-ring (bicyclic) bond motifs is 1. The summed E-state index contributed by atoms with van der Waals surface area (Å²) in [6.07, 6.45) is 4.92. The van der Waals surface area contributed by atoms with E-state index in [0.29, 0.717) is 16.5 Å². The Morgan fingerprint density at radius 3 is 2.80 bits per heavy atom. The smallest absolute Gasteiger partial charge is 0.230 e. The van der Waals surface area contributed by atoms with Gasteiger partial charge < -0.3 is 9.67 Å². The molecule has 1 aromatic heterocycles. The van der Waals surface area contributed by atoms with E-state index >= 15 is 0 Å². The van der Waals surface area contributed by atoms with E-state index in [1.807, 2.05) is 24.3 Å². The van der Waals surface area contributed by atoms with Crippen molar-refractivity contribution in [1.29, 1.82) is 0 Å². The molecule has 0 saturated carbocycles. The van der Waals surface area contributed by atoms with Gasteiger partial charge in [-0.15, -0.1) is 0 Å². The lowest BCUT2D eigenvalue weighted by atomic mass is 10.2. The molecule has 0 amide bonds. The van der Waals surface area contributed by atoms with Crippen molar-refractivity contribution >= 4 is 46.4 Å². The SMILES string of the molecule is CCCCCn1c(/N=C/c2cc(Cl)cc(Cl)c2O)nc2ccccc21. The van der Waals surface area contributed by atoms with Crippen molar-refractivity contribution in [2.75, 3.05) is 0 Å². The van der Waals surface area contributed by atoms with Gasteiger partial charge in [0.1, 0.15) is 5.75 Å². The summed E-state index contributed by atoms with van der Waals surface area (Å²) in [6, 6.07) is 11.1. The van der Waals surface area contributed by atoms with Crippen LogP contribution >= 0.6 is 23.2 Å². The van der Waals surface area contributed by atoms with Crippen molar-refractivity contribution in [3.05, 3.63) is 52.0 Å². The van der Waals surface area contributed by atoms with Crippen molar-refractivity contribution in [1.82, 2.24) is 9.55 Å². The van der Waals surface area contributed by atoms with Crippen LogP contribution in [0, 0.1) is 0 Å². The number of para-hydroxylation sites is 2. The van der Waals surface area contributed by atoms with E-state index in [-0.39, 0.29) is 10.8 Å². The quantitative estimate of drug-likeness (QED) is 0.424. The number of unbranched alkanes of at least 4 members (excludes halogenated alkanes) is 2. The second-order valence-electron chi connectivity index (χ2n) is 5.84. The third-order valence-electron chi connectivity index (χ3n) is 4.00. The first-order valence-electron chi connectivity index (χ1n) is 8.27. The van der Waals surface area contributed by atoms with Gasteiger partial charge in [-0.25, -0.2) is 9.98 Å². The van der Waals surface area contributed by atoms with Crippen molar-refractivity contribution in [2.45, 2.75) is 32.7 Å². The zero-order valence-electron chi connectivity index (χ0n) is 13.9. The Morgan fingerprint density at radius 2 is 2.00 bits per heavy atom. The Morgan fingerprint density at radius 1 is 1.20 bits per heavy atom. The van der Waals surface area contributed by atoms with E-state index in [0.717, 1.165) is 36.8 Å². The fourth-order valence-corrected chi connectivity index (χ4v) is 3.22. The maximum atomic E-state index is 10.1. The van der Waals surface area contributed by atoms with Gasteiger partial charge in [0, 0.05) is 23.3 Å². The van der Waals surface area contributed by atoms with E-state index in [1.165, 1.54) is 6.07 Å². The van der Waals surface area contributed by atoms with Crippen LogP contribution in [0.2, 0.25) is 10.0 Å². The Hall–Kier alpha value is -2.04. The highest BCUT2D eigenvalue weighted by Crippen LogP contribution is 2.30. The molecule has 1 N–H and O–H groups in total. The van der Waals surface area contributed by atoms with Crippen LogP contribution in [0.1, 0.15) is 31.7 Å². The van der Waals surface area contributed by atoms with Crippen LogP contribution in [0.4, 0.5) is 5.95 Å². The average Bonchev–Trinajstić information content (AvgIpc) is 2.95. The minimum atomic E-state index is -0.0385. The Bertz CT molecular complexity index is 918. The van der Waals surface area contributed by atoms with Crippen LogP contribution in [0.3, 0.4) is 0 Å². The number of hydrogen-bond acceptors (Lipinski definition) is 3. The predicted octanol–water partition coefficient (Wildman–Crippen LogP) is 5.99. The molecule has 0 spiro atoms. The number of hydrogen-bond donors (Lipinski definition) is 1. The van der Waals surface area contributed by atoms with E-state index in [4.69, 9.17) is 23.2 Å². The van der Waals surface area contributed by atoms with Crippen LogP contribution in [0.25, 0.3) is 11.0 Å². The number of aliphatic imine (C=N–C) groups is 1. The van der Waals surface area contributed by atoms with Crippen molar-refractivity contribution in [3.8, 4) is 5.75 Å². The number of benzene rings is 2. The molecule has 0 bridgehead atoms. The molecule has 1 heterocycles.